The molecule has 0 bridgehead atoms. The summed E-state index contributed by atoms with van der Waals surface area (Å²) in [7, 11) is 0. The molecule has 6 nitrogen and oxygen atoms in total. The molecule has 9 heteroatoms. The van der Waals surface area contributed by atoms with Crippen LogP contribution in [0.15, 0.2) is 12.1 Å². The fraction of sp³-hybridized carbons (Fsp3) is 0.500. The van der Waals surface area contributed by atoms with Gasteiger partial charge in [0.15, 0.2) is 11.6 Å². The first-order valence-corrected chi connectivity index (χ1v) is 9.41. The summed E-state index contributed by atoms with van der Waals surface area (Å²) in [6.45, 7) is 1.22. The molecule has 0 spiro atoms. The monoisotopic (exact) mass is 372 g/mol. The van der Waals surface area contributed by atoms with Crippen molar-refractivity contribution in [2.75, 3.05) is 35.3 Å². The molecule has 2 rings (SSSR count). The molecule has 1 aromatic rings. The Morgan fingerprint density at radius 2 is 1.88 bits per heavy atom. The molecule has 0 radical (unpaired) electrons. The van der Waals surface area contributed by atoms with Crippen LogP contribution in [0, 0.1) is 11.6 Å². The van der Waals surface area contributed by atoms with Gasteiger partial charge in [-0.25, -0.2) is 13.6 Å². The first kappa shape index (κ1) is 19.3. The molecular weight excluding hydrogens is 350 g/mol. The minimum absolute atomic E-state index is 0.00312. The van der Waals surface area contributed by atoms with E-state index >= 15 is 0 Å². The van der Waals surface area contributed by atoms with E-state index in [1.165, 1.54) is 11.8 Å². The highest BCUT2D eigenvalue weighted by Crippen LogP contribution is 2.29. The lowest BCUT2D eigenvalue weighted by molar-refractivity contribution is -0.117. The number of primary amides is 1. The second-order valence-electron chi connectivity index (χ2n) is 5.81. The van der Waals surface area contributed by atoms with Gasteiger partial charge < -0.3 is 21.3 Å². The summed E-state index contributed by atoms with van der Waals surface area (Å²) in [5.74, 6) is -1.39. The van der Waals surface area contributed by atoms with Gasteiger partial charge in [-0.15, -0.1) is 0 Å². The number of benzene rings is 1. The predicted molar refractivity (Wildman–Crippen MR) is 95.9 cm³/mol. The molecule has 25 heavy (non-hydrogen) atoms. The lowest BCUT2D eigenvalue weighted by Gasteiger charge is -2.21. The molecule has 138 valence electrons. The van der Waals surface area contributed by atoms with Crippen LogP contribution in [0.5, 0.6) is 0 Å². The molecular formula is C16H22F2N4O2S. The van der Waals surface area contributed by atoms with Gasteiger partial charge in [0.05, 0.1) is 0 Å². The SMILES string of the molecule is CSCCC(NC(N)=O)C(=O)Nc1cc(F)c(N2CCCC2)c(F)c1. The third kappa shape index (κ3) is 5.22. The summed E-state index contributed by atoms with van der Waals surface area (Å²) in [6, 6.07) is 0.479. The number of hydrogen-bond acceptors (Lipinski definition) is 4. The first-order valence-electron chi connectivity index (χ1n) is 8.02. The van der Waals surface area contributed by atoms with Gasteiger partial charge in [0.1, 0.15) is 11.7 Å². The van der Waals surface area contributed by atoms with Crippen LogP contribution in [0.3, 0.4) is 0 Å². The standard InChI is InChI=1S/C16H22F2N4O2S/c1-25-7-4-13(21-16(19)24)15(23)20-10-8-11(17)14(12(18)9-10)22-5-2-3-6-22/h8-9,13H,2-7H2,1H3,(H,20,23)(H3,19,21,24). The minimum Gasteiger partial charge on any atom is -0.367 e. The van der Waals surface area contributed by atoms with Crippen molar-refractivity contribution >= 4 is 35.1 Å². The number of thioether (sulfide) groups is 1. The van der Waals surface area contributed by atoms with Crippen molar-refractivity contribution in [3.8, 4) is 0 Å². The Balaban J connectivity index is 2.12. The molecule has 1 aliphatic heterocycles. The Morgan fingerprint density at radius 3 is 2.40 bits per heavy atom. The van der Waals surface area contributed by atoms with Crippen molar-refractivity contribution in [3.05, 3.63) is 23.8 Å². The maximum Gasteiger partial charge on any atom is 0.312 e. The molecule has 1 fully saturated rings. The highest BCUT2D eigenvalue weighted by atomic mass is 32.2. The van der Waals surface area contributed by atoms with Gasteiger partial charge >= 0.3 is 6.03 Å². The topological polar surface area (TPSA) is 87.5 Å². The van der Waals surface area contributed by atoms with E-state index in [4.69, 9.17) is 5.73 Å². The van der Waals surface area contributed by atoms with Gasteiger partial charge in [-0.1, -0.05) is 0 Å². The molecule has 0 saturated carbocycles. The third-order valence-corrected chi connectivity index (χ3v) is 4.59. The highest BCUT2D eigenvalue weighted by molar-refractivity contribution is 7.98. The number of anilines is 2. The van der Waals surface area contributed by atoms with Crippen molar-refractivity contribution in [1.82, 2.24) is 5.32 Å². The fourth-order valence-corrected chi connectivity index (χ4v) is 3.26. The maximum atomic E-state index is 14.3. The van der Waals surface area contributed by atoms with Crippen molar-refractivity contribution in [2.45, 2.75) is 25.3 Å². The molecule has 1 unspecified atom stereocenters. The Bertz CT molecular complexity index is 616. The summed E-state index contributed by atoms with van der Waals surface area (Å²) >= 11 is 1.50. The van der Waals surface area contributed by atoms with Gasteiger partial charge in [0, 0.05) is 18.8 Å². The lowest BCUT2D eigenvalue weighted by atomic mass is 10.2. The van der Waals surface area contributed by atoms with Crippen molar-refractivity contribution in [3.63, 3.8) is 0 Å². The van der Waals surface area contributed by atoms with E-state index in [0.29, 0.717) is 25.3 Å². The van der Waals surface area contributed by atoms with Crippen LogP contribution in [-0.4, -0.2) is 43.1 Å². The molecule has 0 aromatic heterocycles. The zero-order valence-corrected chi connectivity index (χ0v) is 14.8. The number of urea groups is 1. The number of nitrogens with one attached hydrogen (secondary N) is 2. The Labute approximate surface area is 149 Å². The zero-order chi connectivity index (χ0) is 18.4. The van der Waals surface area contributed by atoms with Gasteiger partial charge in [0.25, 0.3) is 0 Å². The number of nitrogens with zero attached hydrogens (tertiary/aromatic N) is 1. The van der Waals surface area contributed by atoms with E-state index in [2.05, 4.69) is 10.6 Å². The Morgan fingerprint density at radius 1 is 1.28 bits per heavy atom. The highest BCUT2D eigenvalue weighted by Gasteiger charge is 2.23. The Kier molecular flexibility index (Phi) is 6.86. The van der Waals surface area contributed by atoms with Gasteiger partial charge in [0.2, 0.25) is 5.91 Å². The summed E-state index contributed by atoms with van der Waals surface area (Å²) in [6.07, 6.45) is 4.01. The maximum absolute atomic E-state index is 14.3. The first-order chi connectivity index (χ1) is 11.9. The predicted octanol–water partition coefficient (Wildman–Crippen LogP) is 2.29. The van der Waals surface area contributed by atoms with Crippen molar-refractivity contribution in [1.29, 1.82) is 0 Å². The van der Waals surface area contributed by atoms with E-state index in [0.717, 1.165) is 25.0 Å². The van der Waals surface area contributed by atoms with E-state index in [9.17, 15) is 18.4 Å². The van der Waals surface area contributed by atoms with Crippen LogP contribution in [0.1, 0.15) is 19.3 Å². The number of carbonyl (C=O) groups excluding carboxylic acids is 2. The van der Waals surface area contributed by atoms with E-state index in [1.807, 2.05) is 6.26 Å². The average molecular weight is 372 g/mol. The molecule has 1 aliphatic rings. The molecule has 1 heterocycles. The fourth-order valence-electron chi connectivity index (χ4n) is 2.79. The molecule has 1 aromatic carbocycles. The minimum atomic E-state index is -0.866. The lowest BCUT2D eigenvalue weighted by Crippen LogP contribution is -2.46. The number of nitrogens with two attached hydrogens (primary N) is 1. The van der Waals surface area contributed by atoms with E-state index < -0.39 is 29.6 Å². The zero-order valence-electron chi connectivity index (χ0n) is 14.0. The Hall–Kier alpha value is -2.03. The van der Waals surface area contributed by atoms with Crippen LogP contribution in [-0.2, 0) is 4.79 Å². The number of rotatable bonds is 7. The quantitative estimate of drug-likeness (QED) is 0.685. The van der Waals surface area contributed by atoms with Crippen LogP contribution in [0.4, 0.5) is 25.0 Å². The summed E-state index contributed by atoms with van der Waals surface area (Å²) in [4.78, 5) is 25.0. The molecule has 3 amide bonds. The average Bonchev–Trinajstić information content (AvgIpc) is 3.04. The van der Waals surface area contributed by atoms with Gasteiger partial charge in [-0.3, -0.25) is 4.79 Å². The van der Waals surface area contributed by atoms with Crippen LogP contribution in [0.25, 0.3) is 0 Å². The largest absolute Gasteiger partial charge is 0.367 e. The van der Waals surface area contributed by atoms with Crippen molar-refractivity contribution < 1.29 is 18.4 Å². The van der Waals surface area contributed by atoms with Crippen LogP contribution in [0.2, 0.25) is 0 Å². The van der Waals surface area contributed by atoms with Gasteiger partial charge in [-0.05, 0) is 43.4 Å². The number of halogens is 2. The summed E-state index contributed by atoms with van der Waals surface area (Å²) in [5, 5.41) is 4.78. The normalized spacial score (nSPS) is 15.1. The second kappa shape index (κ2) is 8.89. The van der Waals surface area contributed by atoms with Crippen molar-refractivity contribution in [2.24, 2.45) is 5.73 Å². The molecule has 1 atom stereocenters. The third-order valence-electron chi connectivity index (χ3n) is 3.95. The van der Waals surface area contributed by atoms with Gasteiger partial charge in [-0.2, -0.15) is 11.8 Å². The van der Waals surface area contributed by atoms with E-state index in [1.54, 1.807) is 4.90 Å². The molecule has 1 saturated heterocycles. The van der Waals surface area contributed by atoms with Crippen LogP contribution >= 0.6 is 11.8 Å². The summed E-state index contributed by atoms with van der Waals surface area (Å²) in [5.41, 5.74) is 5.01. The van der Waals surface area contributed by atoms with Crippen LogP contribution < -0.4 is 21.3 Å². The summed E-state index contributed by atoms with van der Waals surface area (Å²) < 4.78 is 28.6. The van der Waals surface area contributed by atoms with E-state index in [-0.39, 0.29) is 11.4 Å². The molecule has 4 N–H and O–H groups in total. The number of hydrogen-bond donors (Lipinski definition) is 3. The second-order valence-corrected chi connectivity index (χ2v) is 6.80. The smallest absolute Gasteiger partial charge is 0.312 e. The molecule has 0 aliphatic carbocycles. The number of carbonyl (C=O) groups is 2. The number of amides is 3.